The van der Waals surface area contributed by atoms with Crippen molar-refractivity contribution in [3.8, 4) is 16.9 Å². The fourth-order valence-electron chi connectivity index (χ4n) is 2.06. The normalized spacial score (nSPS) is 10.6. The van der Waals surface area contributed by atoms with Crippen LogP contribution in [0.5, 0.6) is 5.75 Å². The van der Waals surface area contributed by atoms with E-state index >= 15 is 0 Å². The van der Waals surface area contributed by atoms with Crippen LogP contribution in [-0.2, 0) is 6.54 Å². The maximum atomic E-state index is 6.36. The minimum absolute atomic E-state index is 0.749. The molecule has 0 heterocycles. The van der Waals surface area contributed by atoms with E-state index in [0.717, 1.165) is 41.5 Å². The summed E-state index contributed by atoms with van der Waals surface area (Å²) in [4.78, 5) is 0. The van der Waals surface area contributed by atoms with E-state index in [9.17, 15) is 0 Å². The van der Waals surface area contributed by atoms with Crippen LogP contribution in [0.3, 0.4) is 0 Å². The Hall–Kier alpha value is -1.51. The topological polar surface area (TPSA) is 21.3 Å². The molecule has 0 bridgehead atoms. The highest BCUT2D eigenvalue weighted by molar-refractivity contribution is 6.33. The second kappa shape index (κ2) is 7.32. The minimum Gasteiger partial charge on any atom is -0.494 e. The fourth-order valence-corrected chi connectivity index (χ4v) is 2.37. The molecule has 0 fully saturated rings. The van der Waals surface area contributed by atoms with Crippen LogP contribution in [0, 0.1) is 0 Å². The molecule has 2 nitrogen and oxygen atoms in total. The standard InChI is InChI=1S/C17H20ClNO/c1-3-10-20-15-7-5-14(6-8-15)16-9-4-13(12-19-2)11-17(16)18/h4-9,11,19H,3,10,12H2,1-2H3. The van der Waals surface area contributed by atoms with Gasteiger partial charge in [-0.25, -0.2) is 0 Å². The number of rotatable bonds is 6. The van der Waals surface area contributed by atoms with E-state index in [1.807, 2.05) is 37.4 Å². The molecule has 0 radical (unpaired) electrons. The van der Waals surface area contributed by atoms with Gasteiger partial charge in [0.05, 0.1) is 6.61 Å². The van der Waals surface area contributed by atoms with Crippen molar-refractivity contribution >= 4 is 11.6 Å². The highest BCUT2D eigenvalue weighted by atomic mass is 35.5. The number of benzene rings is 2. The van der Waals surface area contributed by atoms with E-state index in [2.05, 4.69) is 24.4 Å². The molecule has 3 heteroatoms. The van der Waals surface area contributed by atoms with Gasteiger partial charge in [0.15, 0.2) is 0 Å². The number of nitrogens with one attached hydrogen (secondary N) is 1. The third kappa shape index (κ3) is 3.75. The van der Waals surface area contributed by atoms with E-state index in [1.54, 1.807) is 0 Å². The second-order valence-electron chi connectivity index (χ2n) is 4.72. The Morgan fingerprint density at radius 3 is 2.45 bits per heavy atom. The molecule has 0 aliphatic rings. The van der Waals surface area contributed by atoms with Crippen molar-refractivity contribution < 1.29 is 4.74 Å². The SMILES string of the molecule is CCCOc1ccc(-c2ccc(CNC)cc2Cl)cc1. The summed E-state index contributed by atoms with van der Waals surface area (Å²) in [5, 5.41) is 3.90. The molecule has 0 aromatic heterocycles. The van der Waals surface area contributed by atoms with Gasteiger partial charge < -0.3 is 10.1 Å². The Morgan fingerprint density at radius 2 is 1.85 bits per heavy atom. The molecular weight excluding hydrogens is 270 g/mol. The van der Waals surface area contributed by atoms with E-state index in [4.69, 9.17) is 16.3 Å². The predicted molar refractivity (Wildman–Crippen MR) is 85.4 cm³/mol. The van der Waals surface area contributed by atoms with Crippen molar-refractivity contribution in [3.63, 3.8) is 0 Å². The van der Waals surface area contributed by atoms with Crippen LogP contribution < -0.4 is 10.1 Å². The molecule has 0 saturated heterocycles. The summed E-state index contributed by atoms with van der Waals surface area (Å²) in [5.41, 5.74) is 3.34. The van der Waals surface area contributed by atoms with Gasteiger partial charge in [0.25, 0.3) is 0 Å². The van der Waals surface area contributed by atoms with Crippen LogP contribution in [-0.4, -0.2) is 13.7 Å². The van der Waals surface area contributed by atoms with Gasteiger partial charge in [0, 0.05) is 17.1 Å². The van der Waals surface area contributed by atoms with Crippen molar-refractivity contribution in [3.05, 3.63) is 53.1 Å². The predicted octanol–water partition coefficient (Wildman–Crippen LogP) is 4.52. The summed E-state index contributed by atoms with van der Waals surface area (Å²) < 4.78 is 5.59. The smallest absolute Gasteiger partial charge is 0.119 e. The summed E-state index contributed by atoms with van der Waals surface area (Å²) in [6, 6.07) is 14.2. The number of hydrogen-bond donors (Lipinski definition) is 1. The van der Waals surface area contributed by atoms with Gasteiger partial charge in [0.2, 0.25) is 0 Å². The molecule has 0 atom stereocenters. The first-order valence-electron chi connectivity index (χ1n) is 6.91. The third-order valence-corrected chi connectivity index (χ3v) is 3.37. The maximum Gasteiger partial charge on any atom is 0.119 e. The molecule has 0 spiro atoms. The van der Waals surface area contributed by atoms with Gasteiger partial charge in [-0.1, -0.05) is 42.8 Å². The molecule has 0 unspecified atom stereocenters. The summed E-state index contributed by atoms with van der Waals surface area (Å²) in [6.45, 7) is 3.67. The minimum atomic E-state index is 0.749. The zero-order chi connectivity index (χ0) is 14.4. The lowest BCUT2D eigenvalue weighted by atomic mass is 10.0. The second-order valence-corrected chi connectivity index (χ2v) is 5.12. The number of halogens is 1. The number of hydrogen-bond acceptors (Lipinski definition) is 2. The summed E-state index contributed by atoms with van der Waals surface area (Å²) in [5.74, 6) is 0.901. The molecule has 0 aliphatic heterocycles. The lowest BCUT2D eigenvalue weighted by molar-refractivity contribution is 0.317. The van der Waals surface area contributed by atoms with Gasteiger partial charge in [-0.2, -0.15) is 0 Å². The molecule has 0 aliphatic carbocycles. The van der Waals surface area contributed by atoms with Crippen LogP contribution in [0.15, 0.2) is 42.5 Å². The molecular formula is C17H20ClNO. The van der Waals surface area contributed by atoms with E-state index in [1.165, 1.54) is 5.56 Å². The van der Waals surface area contributed by atoms with Crippen molar-refractivity contribution in [2.45, 2.75) is 19.9 Å². The Bertz CT molecular complexity index is 551. The maximum absolute atomic E-state index is 6.36. The summed E-state index contributed by atoms with van der Waals surface area (Å²) in [6.07, 6.45) is 1.01. The van der Waals surface area contributed by atoms with Gasteiger partial charge >= 0.3 is 0 Å². The first-order chi connectivity index (χ1) is 9.74. The molecule has 106 valence electrons. The molecule has 2 aromatic rings. The summed E-state index contributed by atoms with van der Waals surface area (Å²) >= 11 is 6.36. The third-order valence-electron chi connectivity index (χ3n) is 3.05. The van der Waals surface area contributed by atoms with Crippen LogP contribution >= 0.6 is 11.6 Å². The first kappa shape index (κ1) is 14.9. The Kier molecular flexibility index (Phi) is 5.45. The molecule has 20 heavy (non-hydrogen) atoms. The molecule has 2 rings (SSSR count). The zero-order valence-corrected chi connectivity index (χ0v) is 12.7. The zero-order valence-electron chi connectivity index (χ0n) is 11.9. The largest absolute Gasteiger partial charge is 0.494 e. The average Bonchev–Trinajstić information content (AvgIpc) is 2.46. The fraction of sp³-hybridized carbons (Fsp3) is 0.294. The molecule has 2 aromatic carbocycles. The van der Waals surface area contributed by atoms with E-state index in [0.29, 0.717) is 0 Å². The van der Waals surface area contributed by atoms with Gasteiger partial charge in [-0.3, -0.25) is 0 Å². The summed E-state index contributed by atoms with van der Waals surface area (Å²) in [7, 11) is 1.93. The van der Waals surface area contributed by atoms with Crippen LogP contribution in [0.4, 0.5) is 0 Å². The highest BCUT2D eigenvalue weighted by Gasteiger charge is 2.05. The monoisotopic (exact) mass is 289 g/mol. The molecule has 0 amide bonds. The van der Waals surface area contributed by atoms with Crippen LogP contribution in [0.25, 0.3) is 11.1 Å². The Labute approximate surface area is 125 Å². The van der Waals surface area contributed by atoms with Crippen molar-refractivity contribution in [1.29, 1.82) is 0 Å². The lowest BCUT2D eigenvalue weighted by Crippen LogP contribution is -2.04. The Balaban J connectivity index is 2.18. The van der Waals surface area contributed by atoms with E-state index in [-0.39, 0.29) is 0 Å². The molecule has 1 N–H and O–H groups in total. The van der Waals surface area contributed by atoms with Crippen molar-refractivity contribution in [2.24, 2.45) is 0 Å². The van der Waals surface area contributed by atoms with Crippen LogP contribution in [0.2, 0.25) is 5.02 Å². The number of ether oxygens (including phenoxy) is 1. The quantitative estimate of drug-likeness (QED) is 0.844. The van der Waals surface area contributed by atoms with Gasteiger partial charge in [0.1, 0.15) is 5.75 Å². The van der Waals surface area contributed by atoms with E-state index < -0.39 is 0 Å². The van der Waals surface area contributed by atoms with Crippen molar-refractivity contribution in [2.75, 3.05) is 13.7 Å². The average molecular weight is 290 g/mol. The van der Waals surface area contributed by atoms with Crippen molar-refractivity contribution in [1.82, 2.24) is 5.32 Å². The first-order valence-corrected chi connectivity index (χ1v) is 7.28. The Morgan fingerprint density at radius 1 is 1.10 bits per heavy atom. The highest BCUT2D eigenvalue weighted by Crippen LogP contribution is 2.30. The molecule has 0 saturated carbocycles. The van der Waals surface area contributed by atoms with Gasteiger partial charge in [-0.05, 0) is 42.8 Å². The van der Waals surface area contributed by atoms with Gasteiger partial charge in [-0.15, -0.1) is 0 Å². The van der Waals surface area contributed by atoms with Crippen LogP contribution in [0.1, 0.15) is 18.9 Å². The lowest BCUT2D eigenvalue weighted by Gasteiger charge is -2.09.